The molecule has 2 atom stereocenters. The van der Waals surface area contributed by atoms with Crippen LogP contribution in [0.5, 0.6) is 0 Å². The van der Waals surface area contributed by atoms with E-state index in [1.165, 1.54) is 0 Å². The lowest BCUT2D eigenvalue weighted by atomic mass is 10.0. The largest absolute Gasteiger partial charge is 0.347 e. The number of rotatable bonds is 6. The third kappa shape index (κ3) is 4.68. The number of hydrogen-bond acceptors (Lipinski definition) is 3. The maximum Gasteiger partial charge on any atom is 0.251 e. The van der Waals surface area contributed by atoms with Gasteiger partial charge in [-0.15, -0.1) is 11.3 Å². The third-order valence-electron chi connectivity index (χ3n) is 3.88. The average molecular weight is 344 g/mol. The highest BCUT2D eigenvalue weighted by atomic mass is 32.1. The first kappa shape index (κ1) is 18.2. The first-order chi connectivity index (χ1) is 11.4. The molecule has 0 bridgehead atoms. The quantitative estimate of drug-likeness (QED) is 0.840. The zero-order valence-corrected chi connectivity index (χ0v) is 15.3. The van der Waals surface area contributed by atoms with Crippen LogP contribution in [0.15, 0.2) is 41.8 Å². The molecule has 0 saturated heterocycles. The summed E-state index contributed by atoms with van der Waals surface area (Å²) in [7, 11) is 0. The second-order valence-corrected chi connectivity index (χ2v) is 7.29. The molecule has 1 aromatic heterocycles. The van der Waals surface area contributed by atoms with Crippen LogP contribution in [-0.2, 0) is 4.79 Å². The highest BCUT2D eigenvalue weighted by molar-refractivity contribution is 7.10. The number of thiophene rings is 1. The van der Waals surface area contributed by atoms with E-state index in [4.69, 9.17) is 0 Å². The van der Waals surface area contributed by atoms with E-state index in [0.29, 0.717) is 5.56 Å². The maximum absolute atomic E-state index is 12.6. The topological polar surface area (TPSA) is 58.2 Å². The van der Waals surface area contributed by atoms with Crippen molar-refractivity contribution in [1.29, 1.82) is 0 Å². The van der Waals surface area contributed by atoms with Gasteiger partial charge in [-0.3, -0.25) is 9.59 Å². The Morgan fingerprint density at radius 1 is 1.00 bits per heavy atom. The van der Waals surface area contributed by atoms with E-state index in [1.54, 1.807) is 23.5 Å². The fraction of sp³-hybridized carbons (Fsp3) is 0.368. The third-order valence-corrected chi connectivity index (χ3v) is 4.93. The van der Waals surface area contributed by atoms with Gasteiger partial charge < -0.3 is 10.6 Å². The molecule has 2 N–H and O–H groups in total. The van der Waals surface area contributed by atoms with Crippen LogP contribution >= 0.6 is 11.3 Å². The van der Waals surface area contributed by atoms with Gasteiger partial charge in [0, 0.05) is 10.4 Å². The summed E-state index contributed by atoms with van der Waals surface area (Å²) in [6.07, 6.45) is 0. The molecule has 0 aliphatic rings. The van der Waals surface area contributed by atoms with Gasteiger partial charge >= 0.3 is 0 Å². The zero-order chi connectivity index (χ0) is 17.7. The highest BCUT2D eigenvalue weighted by Crippen LogP contribution is 2.18. The number of nitrogens with one attached hydrogen (secondary N) is 2. The minimum Gasteiger partial charge on any atom is -0.347 e. The molecule has 2 rings (SSSR count). The monoisotopic (exact) mass is 344 g/mol. The van der Waals surface area contributed by atoms with Crippen molar-refractivity contribution in [2.45, 2.75) is 39.8 Å². The summed E-state index contributed by atoms with van der Waals surface area (Å²) in [6, 6.07) is 10.6. The van der Waals surface area contributed by atoms with Crippen LogP contribution in [0.2, 0.25) is 0 Å². The highest BCUT2D eigenvalue weighted by Gasteiger charge is 2.26. The van der Waals surface area contributed by atoms with Gasteiger partial charge in [0.2, 0.25) is 5.91 Å². The first-order valence-electron chi connectivity index (χ1n) is 8.09. The normalized spacial score (nSPS) is 13.4. The Balaban J connectivity index is 2.04. The molecule has 1 aromatic carbocycles. The molecule has 1 heterocycles. The number of benzene rings is 1. The van der Waals surface area contributed by atoms with E-state index >= 15 is 0 Å². The SMILES string of the molecule is Cc1ccc(C(=O)NC(C(=O)NC(C)c2cccs2)C(C)C)cc1. The van der Waals surface area contributed by atoms with Crippen LogP contribution in [0.25, 0.3) is 0 Å². The summed E-state index contributed by atoms with van der Waals surface area (Å²) in [6.45, 7) is 7.77. The van der Waals surface area contributed by atoms with Crippen molar-refractivity contribution in [3.8, 4) is 0 Å². The number of hydrogen-bond donors (Lipinski definition) is 2. The van der Waals surface area contributed by atoms with E-state index in [1.807, 2.05) is 57.3 Å². The Morgan fingerprint density at radius 3 is 2.21 bits per heavy atom. The lowest BCUT2D eigenvalue weighted by Gasteiger charge is -2.23. The van der Waals surface area contributed by atoms with Gasteiger partial charge in [0.15, 0.2) is 0 Å². The van der Waals surface area contributed by atoms with Crippen molar-refractivity contribution in [1.82, 2.24) is 10.6 Å². The van der Waals surface area contributed by atoms with Crippen molar-refractivity contribution >= 4 is 23.2 Å². The van der Waals surface area contributed by atoms with E-state index in [-0.39, 0.29) is 23.8 Å². The van der Waals surface area contributed by atoms with Crippen LogP contribution in [0.1, 0.15) is 47.6 Å². The molecule has 0 fully saturated rings. The van der Waals surface area contributed by atoms with Crippen molar-refractivity contribution in [2.75, 3.05) is 0 Å². The average Bonchev–Trinajstić information content (AvgIpc) is 3.07. The minimum absolute atomic E-state index is 0.00469. The number of amides is 2. The summed E-state index contributed by atoms with van der Waals surface area (Å²) < 4.78 is 0. The second-order valence-electron chi connectivity index (χ2n) is 6.31. The smallest absolute Gasteiger partial charge is 0.251 e. The van der Waals surface area contributed by atoms with Crippen LogP contribution in [0.3, 0.4) is 0 Å². The van der Waals surface area contributed by atoms with Crippen molar-refractivity contribution in [2.24, 2.45) is 5.92 Å². The molecule has 0 radical (unpaired) electrons. The summed E-state index contributed by atoms with van der Waals surface area (Å²) in [5, 5.41) is 7.82. The fourth-order valence-corrected chi connectivity index (χ4v) is 3.11. The van der Waals surface area contributed by atoms with Gasteiger partial charge in [0.05, 0.1) is 6.04 Å². The number of carbonyl (C=O) groups is 2. The van der Waals surface area contributed by atoms with E-state index in [9.17, 15) is 9.59 Å². The zero-order valence-electron chi connectivity index (χ0n) is 14.5. The van der Waals surface area contributed by atoms with Crippen LogP contribution < -0.4 is 10.6 Å². The number of carbonyl (C=O) groups excluding carboxylic acids is 2. The van der Waals surface area contributed by atoms with E-state index in [2.05, 4.69) is 10.6 Å². The van der Waals surface area contributed by atoms with Gasteiger partial charge in [-0.2, -0.15) is 0 Å². The van der Waals surface area contributed by atoms with E-state index < -0.39 is 6.04 Å². The summed E-state index contributed by atoms with van der Waals surface area (Å²) in [4.78, 5) is 26.1. The Hall–Kier alpha value is -2.14. The van der Waals surface area contributed by atoms with Gasteiger partial charge in [0.1, 0.15) is 6.04 Å². The summed E-state index contributed by atoms with van der Waals surface area (Å²) in [5.74, 6) is -0.395. The molecule has 2 amide bonds. The summed E-state index contributed by atoms with van der Waals surface area (Å²) in [5.41, 5.74) is 1.65. The van der Waals surface area contributed by atoms with Crippen LogP contribution in [0, 0.1) is 12.8 Å². The molecule has 0 spiro atoms. The maximum atomic E-state index is 12.6. The predicted octanol–water partition coefficient (Wildman–Crippen LogP) is 3.69. The molecule has 0 aliphatic heterocycles. The van der Waals surface area contributed by atoms with E-state index in [0.717, 1.165) is 10.4 Å². The van der Waals surface area contributed by atoms with Gasteiger partial charge in [0.25, 0.3) is 5.91 Å². The van der Waals surface area contributed by atoms with Crippen LogP contribution in [-0.4, -0.2) is 17.9 Å². The van der Waals surface area contributed by atoms with Crippen molar-refractivity contribution < 1.29 is 9.59 Å². The molecule has 0 aliphatic carbocycles. The second kappa shape index (κ2) is 8.11. The molecule has 128 valence electrons. The summed E-state index contributed by atoms with van der Waals surface area (Å²) >= 11 is 1.60. The van der Waals surface area contributed by atoms with Crippen LogP contribution in [0.4, 0.5) is 0 Å². The molecule has 2 aromatic rings. The molecular weight excluding hydrogens is 320 g/mol. The molecule has 4 nitrogen and oxygen atoms in total. The Bertz CT molecular complexity index is 678. The fourth-order valence-electron chi connectivity index (χ4n) is 2.38. The Labute approximate surface area is 147 Å². The molecular formula is C19H24N2O2S. The predicted molar refractivity (Wildman–Crippen MR) is 98.1 cm³/mol. The minimum atomic E-state index is -0.568. The van der Waals surface area contributed by atoms with Gasteiger partial charge in [-0.1, -0.05) is 37.6 Å². The number of aryl methyl sites for hydroxylation is 1. The molecule has 2 unspecified atom stereocenters. The van der Waals surface area contributed by atoms with Gasteiger partial charge in [-0.25, -0.2) is 0 Å². The molecule has 5 heteroatoms. The van der Waals surface area contributed by atoms with Gasteiger partial charge in [-0.05, 0) is 43.3 Å². The van der Waals surface area contributed by atoms with Crippen molar-refractivity contribution in [3.63, 3.8) is 0 Å². The standard InChI is InChI=1S/C19H24N2O2S/c1-12(2)17(19(23)20-14(4)16-6-5-11-24-16)21-18(22)15-9-7-13(3)8-10-15/h5-12,14,17H,1-4H3,(H,20,23)(H,21,22). The Kier molecular flexibility index (Phi) is 6.15. The first-order valence-corrected chi connectivity index (χ1v) is 8.97. The Morgan fingerprint density at radius 2 is 1.67 bits per heavy atom. The molecule has 0 saturated carbocycles. The molecule has 24 heavy (non-hydrogen) atoms. The lowest BCUT2D eigenvalue weighted by molar-refractivity contribution is -0.124. The lowest BCUT2D eigenvalue weighted by Crippen LogP contribution is -2.50. The van der Waals surface area contributed by atoms with Crippen molar-refractivity contribution in [3.05, 3.63) is 57.8 Å².